The maximum atomic E-state index is 12.6. The van der Waals surface area contributed by atoms with Crippen LogP contribution in [0.25, 0.3) is 0 Å². The van der Waals surface area contributed by atoms with Crippen molar-refractivity contribution in [1.82, 2.24) is 4.90 Å². The predicted molar refractivity (Wildman–Crippen MR) is 86.8 cm³/mol. The van der Waals surface area contributed by atoms with E-state index in [0.717, 1.165) is 16.8 Å². The lowest BCUT2D eigenvalue weighted by Crippen LogP contribution is -2.33. The molecule has 0 aliphatic carbocycles. The van der Waals surface area contributed by atoms with Crippen molar-refractivity contribution in [3.63, 3.8) is 0 Å². The summed E-state index contributed by atoms with van der Waals surface area (Å²) in [6.07, 6.45) is 3.96. The lowest BCUT2D eigenvalue weighted by atomic mass is 9.87. The lowest BCUT2D eigenvalue weighted by molar-refractivity contribution is -0.132. The summed E-state index contributed by atoms with van der Waals surface area (Å²) in [6.45, 7) is 3.12. The van der Waals surface area contributed by atoms with Gasteiger partial charge in [-0.1, -0.05) is 18.2 Å². The minimum absolute atomic E-state index is 0.0283. The monoisotopic (exact) mass is 312 g/mol. The Bertz CT molecular complexity index is 694. The van der Waals surface area contributed by atoms with Crippen LogP contribution >= 0.6 is 0 Å². The van der Waals surface area contributed by atoms with Gasteiger partial charge >= 0.3 is 0 Å². The van der Waals surface area contributed by atoms with Gasteiger partial charge in [-0.3, -0.25) is 9.59 Å². The highest BCUT2D eigenvalue weighted by atomic mass is 16.3. The number of nitrogens with one attached hydrogen (secondary N) is 1. The first-order valence-electron chi connectivity index (χ1n) is 7.85. The van der Waals surface area contributed by atoms with Crippen molar-refractivity contribution in [2.45, 2.75) is 32.2 Å². The molecule has 0 radical (unpaired) electrons. The molecule has 0 saturated carbocycles. The van der Waals surface area contributed by atoms with Crippen LogP contribution in [-0.4, -0.2) is 23.3 Å². The van der Waals surface area contributed by atoms with Crippen LogP contribution in [0, 0.1) is 0 Å². The first-order valence-corrected chi connectivity index (χ1v) is 7.85. The van der Waals surface area contributed by atoms with Crippen LogP contribution < -0.4 is 5.32 Å². The molecule has 1 atom stereocenters. The van der Waals surface area contributed by atoms with Crippen LogP contribution in [0.5, 0.6) is 0 Å². The van der Waals surface area contributed by atoms with E-state index in [1.54, 1.807) is 17.4 Å². The molecule has 1 aromatic carbocycles. The van der Waals surface area contributed by atoms with Gasteiger partial charge in [0.25, 0.3) is 0 Å². The Morgan fingerprint density at radius 2 is 2.17 bits per heavy atom. The van der Waals surface area contributed by atoms with Gasteiger partial charge in [0.05, 0.1) is 12.5 Å². The molecule has 1 aromatic heterocycles. The van der Waals surface area contributed by atoms with Gasteiger partial charge in [0.1, 0.15) is 0 Å². The number of nitrogens with zero attached hydrogens (tertiary/aromatic N) is 1. The maximum Gasteiger partial charge on any atom is 0.225 e. The summed E-state index contributed by atoms with van der Waals surface area (Å²) in [5, 5.41) is 2.87. The van der Waals surface area contributed by atoms with Gasteiger partial charge in [-0.15, -0.1) is 0 Å². The molecule has 120 valence electrons. The number of fused-ring (bicyclic) bond motifs is 1. The van der Waals surface area contributed by atoms with E-state index in [-0.39, 0.29) is 17.7 Å². The molecule has 2 amide bonds. The normalized spacial score (nSPS) is 16.6. The first-order chi connectivity index (χ1) is 11.2. The van der Waals surface area contributed by atoms with Crippen LogP contribution in [0.2, 0.25) is 0 Å². The molecule has 2 heterocycles. The molecule has 1 N–H and O–H groups in total. The number of furan rings is 1. The molecule has 1 unspecified atom stereocenters. The number of rotatable bonds is 5. The number of hydrogen-bond donors (Lipinski definition) is 1. The number of carbonyl (C=O) groups is 2. The Morgan fingerprint density at radius 3 is 2.91 bits per heavy atom. The molecule has 5 heteroatoms. The third-order valence-electron chi connectivity index (χ3n) is 4.22. The maximum absolute atomic E-state index is 12.6. The zero-order valence-corrected chi connectivity index (χ0v) is 13.1. The van der Waals surface area contributed by atoms with Crippen molar-refractivity contribution in [2.75, 3.05) is 11.9 Å². The topological polar surface area (TPSA) is 62.6 Å². The average molecular weight is 312 g/mol. The van der Waals surface area contributed by atoms with E-state index in [0.29, 0.717) is 25.9 Å². The summed E-state index contributed by atoms with van der Waals surface area (Å²) in [7, 11) is 0. The first kappa shape index (κ1) is 15.3. The van der Waals surface area contributed by atoms with E-state index in [2.05, 4.69) is 5.32 Å². The minimum Gasteiger partial charge on any atom is -0.472 e. The molecule has 5 nitrogen and oxygen atoms in total. The number of benzene rings is 1. The number of carbonyl (C=O) groups excluding carboxylic acids is 2. The second-order valence-corrected chi connectivity index (χ2v) is 5.78. The molecule has 1 aliphatic heterocycles. The number of para-hydroxylation sites is 1. The molecule has 0 fully saturated rings. The van der Waals surface area contributed by atoms with Gasteiger partial charge in [0.15, 0.2) is 0 Å². The Balaban J connectivity index is 1.73. The fourth-order valence-corrected chi connectivity index (χ4v) is 3.00. The molecule has 0 saturated heterocycles. The second-order valence-electron chi connectivity index (χ2n) is 5.78. The van der Waals surface area contributed by atoms with Gasteiger partial charge in [0.2, 0.25) is 11.8 Å². The van der Waals surface area contributed by atoms with Gasteiger partial charge < -0.3 is 14.6 Å². The minimum atomic E-state index is -0.0640. The standard InChI is InChI=1S/C18H20N2O3/c1-2-20(11-13-7-8-23-12-13)18(22)10-14-9-17(21)19-16-6-4-3-5-15(14)16/h3-8,12,14H,2,9-11H2,1H3,(H,19,21). The molecule has 1 aliphatic rings. The van der Waals surface area contributed by atoms with Crippen molar-refractivity contribution in [2.24, 2.45) is 0 Å². The van der Waals surface area contributed by atoms with Crippen molar-refractivity contribution in [1.29, 1.82) is 0 Å². The van der Waals surface area contributed by atoms with E-state index in [9.17, 15) is 9.59 Å². The Kier molecular flexibility index (Phi) is 4.46. The summed E-state index contributed by atoms with van der Waals surface area (Å²) in [5.74, 6) is -0.0339. The zero-order chi connectivity index (χ0) is 16.2. The molecule has 0 bridgehead atoms. The highest BCUT2D eigenvalue weighted by Gasteiger charge is 2.28. The number of amides is 2. The molecular weight excluding hydrogens is 292 g/mol. The smallest absolute Gasteiger partial charge is 0.225 e. The quantitative estimate of drug-likeness (QED) is 0.922. The average Bonchev–Trinajstić information content (AvgIpc) is 3.05. The van der Waals surface area contributed by atoms with Gasteiger partial charge in [-0.05, 0) is 24.6 Å². The Hall–Kier alpha value is -2.56. The summed E-state index contributed by atoms with van der Waals surface area (Å²) in [6, 6.07) is 9.56. The summed E-state index contributed by atoms with van der Waals surface area (Å²) in [4.78, 5) is 26.3. The third-order valence-corrected chi connectivity index (χ3v) is 4.22. The number of hydrogen-bond acceptors (Lipinski definition) is 3. The summed E-state index contributed by atoms with van der Waals surface area (Å²) < 4.78 is 5.06. The Labute approximate surface area is 135 Å². The molecule has 2 aromatic rings. The van der Waals surface area contributed by atoms with E-state index < -0.39 is 0 Å². The summed E-state index contributed by atoms with van der Waals surface area (Å²) in [5.41, 5.74) is 2.83. The highest BCUT2D eigenvalue weighted by Crippen LogP contribution is 2.34. The van der Waals surface area contributed by atoms with Crippen LogP contribution in [-0.2, 0) is 16.1 Å². The van der Waals surface area contributed by atoms with Gasteiger partial charge in [0, 0.05) is 43.1 Å². The van der Waals surface area contributed by atoms with E-state index in [4.69, 9.17) is 4.42 Å². The molecule has 3 rings (SSSR count). The SMILES string of the molecule is CCN(Cc1ccoc1)C(=O)CC1CC(=O)Nc2ccccc21. The van der Waals surface area contributed by atoms with E-state index in [1.807, 2.05) is 37.3 Å². The van der Waals surface area contributed by atoms with E-state index >= 15 is 0 Å². The molecular formula is C18H20N2O3. The van der Waals surface area contributed by atoms with Crippen LogP contribution in [0.15, 0.2) is 47.3 Å². The number of anilines is 1. The lowest BCUT2D eigenvalue weighted by Gasteiger charge is -2.28. The molecule has 0 spiro atoms. The summed E-state index contributed by atoms with van der Waals surface area (Å²) >= 11 is 0. The van der Waals surface area contributed by atoms with Gasteiger partial charge in [-0.25, -0.2) is 0 Å². The fraction of sp³-hybridized carbons (Fsp3) is 0.333. The fourth-order valence-electron chi connectivity index (χ4n) is 3.00. The largest absolute Gasteiger partial charge is 0.472 e. The third kappa shape index (κ3) is 3.44. The zero-order valence-electron chi connectivity index (χ0n) is 13.1. The predicted octanol–water partition coefficient (Wildman–Crippen LogP) is 3.14. The second kappa shape index (κ2) is 6.69. The van der Waals surface area contributed by atoms with Crippen molar-refractivity contribution in [3.8, 4) is 0 Å². The van der Waals surface area contributed by atoms with Crippen molar-refractivity contribution in [3.05, 3.63) is 54.0 Å². The van der Waals surface area contributed by atoms with Crippen LogP contribution in [0.3, 0.4) is 0 Å². The van der Waals surface area contributed by atoms with Gasteiger partial charge in [-0.2, -0.15) is 0 Å². The van der Waals surface area contributed by atoms with Crippen molar-refractivity contribution >= 4 is 17.5 Å². The Morgan fingerprint density at radius 1 is 1.35 bits per heavy atom. The highest BCUT2D eigenvalue weighted by molar-refractivity contribution is 5.95. The molecule has 23 heavy (non-hydrogen) atoms. The van der Waals surface area contributed by atoms with Crippen LogP contribution in [0.4, 0.5) is 5.69 Å². The van der Waals surface area contributed by atoms with E-state index in [1.165, 1.54) is 0 Å². The van der Waals surface area contributed by atoms with Crippen LogP contribution in [0.1, 0.15) is 36.8 Å². The van der Waals surface area contributed by atoms with Crippen molar-refractivity contribution < 1.29 is 14.0 Å².